The predicted octanol–water partition coefficient (Wildman–Crippen LogP) is 1.02. The minimum Gasteiger partial charge on any atom is -0.396 e. The summed E-state index contributed by atoms with van der Waals surface area (Å²) < 4.78 is 25.3. The average Bonchev–Trinajstić information content (AvgIpc) is 2.92. The van der Waals surface area contributed by atoms with E-state index in [4.69, 9.17) is 0 Å². The molecule has 0 saturated carbocycles. The Morgan fingerprint density at radius 1 is 1.24 bits per heavy atom. The Morgan fingerprint density at radius 3 is 2.44 bits per heavy atom. The zero-order chi connectivity index (χ0) is 18.4. The first-order valence-electron chi connectivity index (χ1n) is 8.58. The Labute approximate surface area is 149 Å². The van der Waals surface area contributed by atoms with Gasteiger partial charge in [-0.25, -0.2) is 12.7 Å². The van der Waals surface area contributed by atoms with Gasteiger partial charge in [-0.3, -0.25) is 4.79 Å². The van der Waals surface area contributed by atoms with E-state index in [1.807, 2.05) is 32.0 Å². The number of aliphatic hydroxyl groups excluding tert-OH is 1. The smallest absolute Gasteiger partial charge is 0.253 e. The number of likely N-dealkylation sites (tertiary alicyclic amines) is 1. The third kappa shape index (κ3) is 3.45. The highest BCUT2D eigenvalue weighted by molar-refractivity contribution is 7.88. The van der Waals surface area contributed by atoms with Crippen LogP contribution in [0.2, 0.25) is 0 Å². The van der Waals surface area contributed by atoms with Gasteiger partial charge >= 0.3 is 0 Å². The highest BCUT2D eigenvalue weighted by Crippen LogP contribution is 2.43. The molecule has 7 heteroatoms. The summed E-state index contributed by atoms with van der Waals surface area (Å²) in [5.41, 5.74) is 2.18. The Balaban J connectivity index is 1.84. The molecule has 0 bridgehead atoms. The summed E-state index contributed by atoms with van der Waals surface area (Å²) in [6.45, 7) is 5.52. The fourth-order valence-corrected chi connectivity index (χ4v) is 5.21. The van der Waals surface area contributed by atoms with Gasteiger partial charge in [-0.1, -0.05) is 17.2 Å². The second-order valence-corrected chi connectivity index (χ2v) is 9.65. The Kier molecular flexibility index (Phi) is 4.68. The lowest BCUT2D eigenvalue weighted by molar-refractivity contribution is 0.0129. The summed E-state index contributed by atoms with van der Waals surface area (Å²) in [4.78, 5) is 14.7. The maximum Gasteiger partial charge on any atom is 0.253 e. The van der Waals surface area contributed by atoms with Crippen molar-refractivity contribution in [3.63, 3.8) is 0 Å². The Bertz CT molecular complexity index is 772. The molecule has 2 fully saturated rings. The molecule has 3 rings (SSSR count). The topological polar surface area (TPSA) is 77.9 Å². The van der Waals surface area contributed by atoms with E-state index in [2.05, 4.69) is 0 Å². The van der Waals surface area contributed by atoms with Crippen molar-refractivity contribution in [2.45, 2.75) is 20.3 Å². The van der Waals surface area contributed by atoms with Gasteiger partial charge in [0, 0.05) is 37.2 Å². The van der Waals surface area contributed by atoms with Crippen LogP contribution in [0.1, 0.15) is 27.9 Å². The van der Waals surface area contributed by atoms with Crippen LogP contribution in [0.25, 0.3) is 0 Å². The van der Waals surface area contributed by atoms with Crippen molar-refractivity contribution in [1.82, 2.24) is 9.21 Å². The number of aryl methyl sites for hydroxylation is 2. The lowest BCUT2D eigenvalue weighted by Crippen LogP contribution is -2.52. The highest BCUT2D eigenvalue weighted by Gasteiger charge is 2.52. The molecule has 0 aromatic heterocycles. The fraction of sp³-hybridized carbons (Fsp3) is 0.611. The number of hydrogen-bond acceptors (Lipinski definition) is 4. The third-order valence-electron chi connectivity index (χ3n) is 5.57. The molecule has 2 aliphatic heterocycles. The van der Waals surface area contributed by atoms with Gasteiger partial charge in [-0.2, -0.15) is 0 Å². The third-order valence-corrected chi connectivity index (χ3v) is 6.79. The number of amides is 1. The number of fused-ring (bicyclic) bond motifs is 1. The van der Waals surface area contributed by atoms with Crippen LogP contribution in [0, 0.1) is 25.2 Å². The monoisotopic (exact) mass is 366 g/mol. The van der Waals surface area contributed by atoms with Crippen molar-refractivity contribution in [2.24, 2.45) is 11.3 Å². The van der Waals surface area contributed by atoms with Crippen LogP contribution in [-0.4, -0.2) is 67.7 Å². The Morgan fingerprint density at radius 2 is 1.88 bits per heavy atom. The molecule has 2 aliphatic rings. The number of nitrogens with zero attached hydrogens (tertiary/aromatic N) is 2. The summed E-state index contributed by atoms with van der Waals surface area (Å²) in [7, 11) is -3.29. The number of piperidine rings is 1. The van der Waals surface area contributed by atoms with E-state index in [1.165, 1.54) is 10.6 Å². The molecule has 0 spiro atoms. The molecule has 6 nitrogen and oxygen atoms in total. The van der Waals surface area contributed by atoms with E-state index in [0.29, 0.717) is 31.6 Å². The van der Waals surface area contributed by atoms with E-state index in [9.17, 15) is 18.3 Å². The van der Waals surface area contributed by atoms with Crippen LogP contribution in [-0.2, 0) is 10.0 Å². The van der Waals surface area contributed by atoms with Gasteiger partial charge in [0.1, 0.15) is 0 Å². The molecule has 1 N–H and O–H groups in total. The first-order chi connectivity index (χ1) is 11.6. The first-order valence-corrected chi connectivity index (χ1v) is 10.4. The van der Waals surface area contributed by atoms with E-state index in [1.54, 1.807) is 4.90 Å². The van der Waals surface area contributed by atoms with Gasteiger partial charge in [0.2, 0.25) is 10.0 Å². The number of benzene rings is 1. The van der Waals surface area contributed by atoms with E-state index in [0.717, 1.165) is 11.1 Å². The van der Waals surface area contributed by atoms with E-state index in [-0.39, 0.29) is 25.0 Å². The molecule has 2 heterocycles. The van der Waals surface area contributed by atoms with Crippen LogP contribution in [0.15, 0.2) is 18.2 Å². The zero-order valence-electron chi connectivity index (χ0n) is 15.0. The van der Waals surface area contributed by atoms with Crippen molar-refractivity contribution in [3.05, 3.63) is 34.9 Å². The molecule has 2 saturated heterocycles. The quantitative estimate of drug-likeness (QED) is 0.866. The number of carbonyl (C=O) groups excluding carboxylic acids is 1. The van der Waals surface area contributed by atoms with Crippen molar-refractivity contribution in [1.29, 1.82) is 0 Å². The maximum absolute atomic E-state index is 12.9. The Hall–Kier alpha value is -1.44. The SMILES string of the molecule is Cc1cc(C)cc(C(=O)N2CCC3CN(S(C)(=O)=O)CC3(CO)C2)c1. The summed E-state index contributed by atoms with van der Waals surface area (Å²) in [6, 6.07) is 5.79. The predicted molar refractivity (Wildman–Crippen MR) is 95.9 cm³/mol. The van der Waals surface area contributed by atoms with Crippen LogP contribution >= 0.6 is 0 Å². The van der Waals surface area contributed by atoms with Crippen LogP contribution in [0.3, 0.4) is 0 Å². The molecule has 25 heavy (non-hydrogen) atoms. The first kappa shape index (κ1) is 18.4. The summed E-state index contributed by atoms with van der Waals surface area (Å²) in [6.07, 6.45) is 1.91. The molecule has 2 unspecified atom stereocenters. The van der Waals surface area contributed by atoms with Crippen molar-refractivity contribution < 1.29 is 18.3 Å². The second kappa shape index (κ2) is 6.37. The largest absolute Gasteiger partial charge is 0.396 e. The number of carbonyl (C=O) groups is 1. The standard InChI is InChI=1S/C18H26N2O4S/c1-13-6-14(2)8-15(7-13)17(22)19-5-4-16-9-20(25(3,23)24)11-18(16,10-19)12-21/h6-8,16,21H,4-5,9-12H2,1-3H3. The summed E-state index contributed by atoms with van der Waals surface area (Å²) in [5, 5.41) is 10.0. The lowest BCUT2D eigenvalue weighted by atomic mass is 9.74. The molecule has 0 aliphatic carbocycles. The van der Waals surface area contributed by atoms with E-state index < -0.39 is 15.4 Å². The van der Waals surface area contributed by atoms with Gasteiger partial charge < -0.3 is 10.0 Å². The van der Waals surface area contributed by atoms with Crippen LogP contribution in [0.5, 0.6) is 0 Å². The number of aliphatic hydroxyl groups is 1. The molecule has 138 valence electrons. The number of rotatable bonds is 3. The molecule has 2 atom stereocenters. The second-order valence-electron chi connectivity index (χ2n) is 7.66. The van der Waals surface area contributed by atoms with Crippen molar-refractivity contribution >= 4 is 15.9 Å². The molecule has 1 aromatic rings. The zero-order valence-corrected chi connectivity index (χ0v) is 15.8. The van der Waals surface area contributed by atoms with Crippen LogP contribution in [0.4, 0.5) is 0 Å². The minimum atomic E-state index is -3.29. The highest BCUT2D eigenvalue weighted by atomic mass is 32.2. The van der Waals surface area contributed by atoms with Crippen molar-refractivity contribution in [3.8, 4) is 0 Å². The fourth-order valence-electron chi connectivity index (χ4n) is 4.27. The average molecular weight is 366 g/mol. The number of hydrogen-bond donors (Lipinski definition) is 1. The van der Waals surface area contributed by atoms with Crippen LogP contribution < -0.4 is 0 Å². The van der Waals surface area contributed by atoms with Gasteiger partial charge in [0.25, 0.3) is 5.91 Å². The number of sulfonamides is 1. The van der Waals surface area contributed by atoms with Crippen molar-refractivity contribution in [2.75, 3.05) is 39.0 Å². The van der Waals surface area contributed by atoms with Gasteiger partial charge in [0.05, 0.1) is 12.9 Å². The van der Waals surface area contributed by atoms with Gasteiger partial charge in [-0.05, 0) is 38.3 Å². The minimum absolute atomic E-state index is 0.0455. The molecular formula is C18H26N2O4S. The lowest BCUT2D eigenvalue weighted by Gasteiger charge is -2.43. The summed E-state index contributed by atoms with van der Waals surface area (Å²) in [5.74, 6) is 0.0476. The summed E-state index contributed by atoms with van der Waals surface area (Å²) >= 11 is 0. The van der Waals surface area contributed by atoms with Gasteiger partial charge in [-0.15, -0.1) is 0 Å². The molecule has 1 aromatic carbocycles. The molecular weight excluding hydrogens is 340 g/mol. The van der Waals surface area contributed by atoms with Gasteiger partial charge in [0.15, 0.2) is 0 Å². The maximum atomic E-state index is 12.9. The molecule has 0 radical (unpaired) electrons. The van der Waals surface area contributed by atoms with E-state index >= 15 is 0 Å². The normalized spacial score (nSPS) is 27.4. The molecule has 1 amide bonds.